The second-order valence-electron chi connectivity index (χ2n) is 6.11. The van der Waals surface area contributed by atoms with Crippen molar-refractivity contribution < 1.29 is 14.3 Å². The Morgan fingerprint density at radius 2 is 1.96 bits per heavy atom. The van der Waals surface area contributed by atoms with Gasteiger partial charge in [0.15, 0.2) is 11.5 Å². The van der Waals surface area contributed by atoms with E-state index in [-0.39, 0.29) is 5.91 Å². The average molecular weight is 352 g/mol. The smallest absolute Gasteiger partial charge is 0.248 e. The maximum absolute atomic E-state index is 12.1. The first-order valence-electron chi connectivity index (χ1n) is 7.85. The zero-order chi connectivity index (χ0) is 17.4. The Kier molecular flexibility index (Phi) is 3.69. The van der Waals surface area contributed by atoms with Crippen LogP contribution in [-0.4, -0.2) is 16.7 Å². The number of carbonyl (C=O) groups excluding carboxylic acids is 1. The van der Waals surface area contributed by atoms with E-state index in [1.54, 1.807) is 35.6 Å². The zero-order valence-corrected chi connectivity index (χ0v) is 14.6. The lowest BCUT2D eigenvalue weighted by atomic mass is 10.2. The van der Waals surface area contributed by atoms with Gasteiger partial charge < -0.3 is 14.8 Å². The van der Waals surface area contributed by atoms with Crippen LogP contribution in [0.1, 0.15) is 18.9 Å². The molecule has 5 nitrogen and oxygen atoms in total. The number of fused-ring (bicyclic) bond motifs is 2. The average Bonchev–Trinajstić information content (AvgIpc) is 3.11. The fraction of sp³-hybridized carbons (Fsp3) is 0.158. The van der Waals surface area contributed by atoms with Gasteiger partial charge in [0.05, 0.1) is 10.2 Å². The molecule has 25 heavy (non-hydrogen) atoms. The Labute approximate surface area is 148 Å². The number of amides is 1. The molecule has 1 aromatic heterocycles. The minimum absolute atomic E-state index is 0.225. The molecule has 126 valence electrons. The Bertz CT molecular complexity index is 958. The van der Waals surface area contributed by atoms with E-state index in [1.165, 1.54) is 6.08 Å². The van der Waals surface area contributed by atoms with Crippen LogP contribution in [0.15, 0.2) is 48.5 Å². The van der Waals surface area contributed by atoms with Gasteiger partial charge in [-0.3, -0.25) is 4.79 Å². The largest absolute Gasteiger partial charge is 0.449 e. The standard InChI is InChI=1S/C19H16N2O3S/c1-19(2)23-14-8-7-12(11-15(14)24-19)20-17(22)9-10-18-21-13-5-3-4-6-16(13)25-18/h3-11H,1-2H3,(H,20,22)/b10-9+. The Hall–Kier alpha value is -2.86. The summed E-state index contributed by atoms with van der Waals surface area (Å²) in [6.07, 6.45) is 3.20. The van der Waals surface area contributed by atoms with Crippen molar-refractivity contribution in [3.05, 3.63) is 53.5 Å². The highest BCUT2D eigenvalue weighted by atomic mass is 32.1. The van der Waals surface area contributed by atoms with Crippen molar-refractivity contribution in [2.45, 2.75) is 19.6 Å². The van der Waals surface area contributed by atoms with Crippen LogP contribution in [0.5, 0.6) is 11.5 Å². The number of ether oxygens (including phenoxy) is 2. The Morgan fingerprint density at radius 1 is 1.16 bits per heavy atom. The quantitative estimate of drug-likeness (QED) is 0.707. The summed E-state index contributed by atoms with van der Waals surface area (Å²) in [5, 5.41) is 3.61. The lowest BCUT2D eigenvalue weighted by Gasteiger charge is -2.16. The molecule has 0 bridgehead atoms. The molecule has 4 rings (SSSR count). The SMILES string of the molecule is CC1(C)Oc2ccc(NC(=O)/C=C/c3nc4ccccc4s3)cc2O1. The third-order valence-corrected chi connectivity index (χ3v) is 4.61. The highest BCUT2D eigenvalue weighted by molar-refractivity contribution is 7.19. The number of rotatable bonds is 3. The third kappa shape index (κ3) is 3.34. The molecule has 0 spiro atoms. The molecule has 0 radical (unpaired) electrons. The summed E-state index contributed by atoms with van der Waals surface area (Å²) < 4.78 is 12.4. The van der Waals surface area contributed by atoms with E-state index in [2.05, 4.69) is 10.3 Å². The van der Waals surface area contributed by atoms with Gasteiger partial charge in [0.2, 0.25) is 11.7 Å². The molecule has 2 heterocycles. The highest BCUT2D eigenvalue weighted by Crippen LogP contribution is 2.40. The molecule has 2 aromatic carbocycles. The van der Waals surface area contributed by atoms with Crippen molar-refractivity contribution >= 4 is 39.2 Å². The fourth-order valence-electron chi connectivity index (χ4n) is 2.59. The molecule has 1 N–H and O–H groups in total. The minimum Gasteiger partial charge on any atom is -0.449 e. The van der Waals surface area contributed by atoms with E-state index in [9.17, 15) is 4.79 Å². The van der Waals surface area contributed by atoms with E-state index in [0.717, 1.165) is 15.2 Å². The van der Waals surface area contributed by atoms with Gasteiger partial charge in [0.1, 0.15) is 5.01 Å². The summed E-state index contributed by atoms with van der Waals surface area (Å²) in [7, 11) is 0. The minimum atomic E-state index is -0.683. The van der Waals surface area contributed by atoms with Crippen molar-refractivity contribution in [3.63, 3.8) is 0 Å². The number of carbonyl (C=O) groups is 1. The first-order valence-corrected chi connectivity index (χ1v) is 8.67. The molecule has 0 saturated carbocycles. The van der Waals surface area contributed by atoms with Gasteiger partial charge in [-0.25, -0.2) is 4.98 Å². The summed E-state index contributed by atoms with van der Waals surface area (Å²) >= 11 is 1.55. The summed E-state index contributed by atoms with van der Waals surface area (Å²) in [6.45, 7) is 3.68. The maximum Gasteiger partial charge on any atom is 0.248 e. The molecule has 1 aliphatic heterocycles. The first-order chi connectivity index (χ1) is 12.0. The van der Waals surface area contributed by atoms with E-state index >= 15 is 0 Å². The molecule has 3 aromatic rings. The summed E-state index contributed by atoms with van der Waals surface area (Å²) in [6, 6.07) is 13.2. The van der Waals surface area contributed by atoms with Crippen LogP contribution in [0.25, 0.3) is 16.3 Å². The van der Waals surface area contributed by atoms with Gasteiger partial charge in [0, 0.05) is 31.7 Å². The predicted octanol–water partition coefficient (Wildman–Crippen LogP) is 4.46. The van der Waals surface area contributed by atoms with E-state index < -0.39 is 5.79 Å². The van der Waals surface area contributed by atoms with Gasteiger partial charge >= 0.3 is 0 Å². The number of nitrogens with zero attached hydrogens (tertiary/aromatic N) is 1. The Balaban J connectivity index is 1.46. The molecule has 0 atom stereocenters. The third-order valence-electron chi connectivity index (χ3n) is 3.61. The number of aromatic nitrogens is 1. The van der Waals surface area contributed by atoms with Gasteiger partial charge in [-0.15, -0.1) is 11.3 Å². The van der Waals surface area contributed by atoms with Crippen molar-refractivity contribution in [2.24, 2.45) is 0 Å². The highest BCUT2D eigenvalue weighted by Gasteiger charge is 2.31. The van der Waals surface area contributed by atoms with E-state index in [4.69, 9.17) is 9.47 Å². The van der Waals surface area contributed by atoms with Crippen molar-refractivity contribution in [1.82, 2.24) is 4.98 Å². The summed E-state index contributed by atoms with van der Waals surface area (Å²) in [4.78, 5) is 16.6. The van der Waals surface area contributed by atoms with Crippen LogP contribution < -0.4 is 14.8 Å². The van der Waals surface area contributed by atoms with Crippen molar-refractivity contribution in [1.29, 1.82) is 0 Å². The number of anilines is 1. The molecule has 0 saturated heterocycles. The first kappa shape index (κ1) is 15.7. The van der Waals surface area contributed by atoms with Gasteiger partial charge in [-0.05, 0) is 30.3 Å². The second kappa shape index (κ2) is 5.89. The van der Waals surface area contributed by atoms with E-state index in [0.29, 0.717) is 17.2 Å². The number of para-hydroxylation sites is 1. The monoisotopic (exact) mass is 352 g/mol. The molecule has 0 unspecified atom stereocenters. The lowest BCUT2D eigenvalue weighted by Crippen LogP contribution is -2.29. The normalized spacial score (nSPS) is 15.0. The van der Waals surface area contributed by atoms with Crippen LogP contribution >= 0.6 is 11.3 Å². The van der Waals surface area contributed by atoms with Crippen LogP contribution in [0.3, 0.4) is 0 Å². The summed E-state index contributed by atoms with van der Waals surface area (Å²) in [5.74, 6) is 0.390. The van der Waals surface area contributed by atoms with Gasteiger partial charge in [0.25, 0.3) is 0 Å². The number of nitrogens with one attached hydrogen (secondary N) is 1. The molecule has 6 heteroatoms. The van der Waals surface area contributed by atoms with Crippen molar-refractivity contribution in [3.8, 4) is 11.5 Å². The van der Waals surface area contributed by atoms with E-state index in [1.807, 2.05) is 38.1 Å². The second-order valence-corrected chi connectivity index (χ2v) is 7.17. The van der Waals surface area contributed by atoms with Crippen LogP contribution in [0.4, 0.5) is 5.69 Å². The van der Waals surface area contributed by atoms with Crippen LogP contribution in [0, 0.1) is 0 Å². The predicted molar refractivity (Wildman–Crippen MR) is 99.1 cm³/mol. The van der Waals surface area contributed by atoms with Crippen LogP contribution in [-0.2, 0) is 4.79 Å². The topological polar surface area (TPSA) is 60.5 Å². The van der Waals surface area contributed by atoms with Crippen LogP contribution in [0.2, 0.25) is 0 Å². The number of hydrogen-bond acceptors (Lipinski definition) is 5. The maximum atomic E-state index is 12.1. The molecular formula is C19H16N2O3S. The molecule has 1 amide bonds. The Morgan fingerprint density at radius 3 is 2.80 bits per heavy atom. The number of hydrogen-bond donors (Lipinski definition) is 1. The molecular weight excluding hydrogens is 336 g/mol. The van der Waals surface area contributed by atoms with Gasteiger partial charge in [-0.2, -0.15) is 0 Å². The lowest BCUT2D eigenvalue weighted by molar-refractivity contribution is -0.111. The molecule has 0 fully saturated rings. The fourth-order valence-corrected chi connectivity index (χ4v) is 3.46. The number of benzene rings is 2. The van der Waals surface area contributed by atoms with Gasteiger partial charge in [-0.1, -0.05) is 12.1 Å². The molecule has 0 aliphatic carbocycles. The number of thiazole rings is 1. The molecule has 1 aliphatic rings. The summed E-state index contributed by atoms with van der Waals surface area (Å²) in [5.41, 5.74) is 1.59. The zero-order valence-electron chi connectivity index (χ0n) is 13.8. The van der Waals surface area contributed by atoms with Crippen molar-refractivity contribution in [2.75, 3.05) is 5.32 Å².